The largest absolute Gasteiger partial charge is 0.464 e. The second-order valence-corrected chi connectivity index (χ2v) is 11.5. The van der Waals surface area contributed by atoms with E-state index in [0.717, 1.165) is 36.5 Å². The highest BCUT2D eigenvalue weighted by molar-refractivity contribution is 7.92. The maximum atomic E-state index is 13.7. The number of rotatable bonds is 13. The van der Waals surface area contributed by atoms with Gasteiger partial charge in [0.15, 0.2) is 0 Å². The number of nitrogens with zero attached hydrogens (tertiary/aromatic N) is 3. The summed E-state index contributed by atoms with van der Waals surface area (Å²) in [5, 5.41) is 1.20. The second kappa shape index (κ2) is 14.2. The molecule has 9 heteroatoms. The number of morpholine rings is 1. The minimum Gasteiger partial charge on any atom is -0.464 e. The molecule has 4 rings (SSSR count). The van der Waals surface area contributed by atoms with Gasteiger partial charge in [-0.2, -0.15) is 4.31 Å². The van der Waals surface area contributed by atoms with Crippen molar-refractivity contribution in [2.24, 2.45) is 0 Å². The minimum absolute atomic E-state index is 0.240. The normalized spacial score (nSPS) is 14.7. The highest BCUT2D eigenvalue weighted by atomic mass is 32.2. The Hall–Kier alpha value is -3.24. The summed E-state index contributed by atoms with van der Waals surface area (Å²) in [5.41, 5.74) is 1.74. The average molecular weight is 552 g/mol. The highest BCUT2D eigenvalue weighted by Crippen LogP contribution is 2.16. The minimum atomic E-state index is -3.86. The van der Waals surface area contributed by atoms with Gasteiger partial charge in [0.25, 0.3) is 0 Å². The maximum Gasteiger partial charge on any atom is 0.238 e. The molecule has 0 radical (unpaired) electrons. The summed E-state index contributed by atoms with van der Waals surface area (Å²) in [7, 11) is -3.86. The standard InChI is InChI=1S/C30H37N3O5S/c1-26-13-14-29(38-26)24-32(23-28-11-6-3-7-12-28)30(34)25-33(17-8-16-31-18-20-37-21-19-31)39(35,36)22-15-27-9-4-2-5-10-27/h2-7,9-15,22H,8,16-21,23-25H2,1H3. The summed E-state index contributed by atoms with van der Waals surface area (Å²) in [6, 6.07) is 22.6. The van der Waals surface area contributed by atoms with Crippen LogP contribution in [0.25, 0.3) is 6.08 Å². The molecule has 0 aliphatic carbocycles. The number of furan rings is 1. The van der Waals surface area contributed by atoms with Gasteiger partial charge in [-0.1, -0.05) is 60.7 Å². The molecule has 208 valence electrons. The van der Waals surface area contributed by atoms with Gasteiger partial charge < -0.3 is 14.1 Å². The van der Waals surface area contributed by atoms with Gasteiger partial charge in [-0.05, 0) is 49.2 Å². The van der Waals surface area contributed by atoms with Gasteiger partial charge in [-0.15, -0.1) is 0 Å². The highest BCUT2D eigenvalue weighted by Gasteiger charge is 2.26. The number of carbonyl (C=O) groups excluding carboxylic acids is 1. The Morgan fingerprint density at radius 2 is 1.64 bits per heavy atom. The number of sulfonamides is 1. The van der Waals surface area contributed by atoms with Gasteiger partial charge in [-0.25, -0.2) is 8.42 Å². The Kier molecular flexibility index (Phi) is 10.5. The van der Waals surface area contributed by atoms with Crippen molar-refractivity contribution in [3.63, 3.8) is 0 Å². The fraction of sp³-hybridized carbons (Fsp3) is 0.367. The Bertz CT molecular complexity index is 1300. The van der Waals surface area contributed by atoms with Gasteiger partial charge in [0.05, 0.1) is 26.3 Å². The van der Waals surface area contributed by atoms with Crippen LogP contribution >= 0.6 is 0 Å². The topological polar surface area (TPSA) is 83.3 Å². The lowest BCUT2D eigenvalue weighted by molar-refractivity contribution is -0.133. The Morgan fingerprint density at radius 3 is 2.31 bits per heavy atom. The number of hydrogen-bond acceptors (Lipinski definition) is 6. The molecule has 3 aromatic rings. The number of carbonyl (C=O) groups is 1. The quantitative estimate of drug-likeness (QED) is 0.318. The summed E-state index contributed by atoms with van der Waals surface area (Å²) in [5.74, 6) is 1.13. The molecular formula is C30H37N3O5S. The molecule has 0 N–H and O–H groups in total. The van der Waals surface area contributed by atoms with Crippen LogP contribution in [0.5, 0.6) is 0 Å². The van der Waals surface area contributed by atoms with E-state index in [2.05, 4.69) is 4.90 Å². The molecule has 0 atom stereocenters. The van der Waals surface area contributed by atoms with Gasteiger partial charge in [0.2, 0.25) is 15.9 Å². The van der Waals surface area contributed by atoms with Gasteiger partial charge in [0.1, 0.15) is 11.5 Å². The van der Waals surface area contributed by atoms with Crippen LogP contribution in [0.1, 0.15) is 29.1 Å². The number of hydrogen-bond donors (Lipinski definition) is 0. The van der Waals surface area contributed by atoms with Crippen LogP contribution in [0, 0.1) is 6.92 Å². The molecule has 0 spiro atoms. The molecule has 39 heavy (non-hydrogen) atoms. The predicted octanol–water partition coefficient (Wildman–Crippen LogP) is 4.14. The van der Waals surface area contributed by atoms with E-state index in [4.69, 9.17) is 9.15 Å². The maximum absolute atomic E-state index is 13.7. The molecule has 1 aliphatic heterocycles. The molecule has 1 aromatic heterocycles. The van der Waals surface area contributed by atoms with Crippen LogP contribution in [0.3, 0.4) is 0 Å². The van der Waals surface area contributed by atoms with E-state index in [9.17, 15) is 13.2 Å². The number of amides is 1. The first kappa shape index (κ1) is 28.8. The summed E-state index contributed by atoms with van der Waals surface area (Å²) < 4.78 is 39.4. The summed E-state index contributed by atoms with van der Waals surface area (Å²) >= 11 is 0. The third-order valence-electron chi connectivity index (χ3n) is 6.60. The first-order valence-electron chi connectivity index (χ1n) is 13.3. The van der Waals surface area contributed by atoms with E-state index >= 15 is 0 Å². The van der Waals surface area contributed by atoms with Crippen molar-refractivity contribution < 1.29 is 22.4 Å². The average Bonchev–Trinajstić information content (AvgIpc) is 3.37. The molecule has 0 saturated carbocycles. The fourth-order valence-electron chi connectivity index (χ4n) is 4.45. The van der Waals surface area contributed by atoms with E-state index in [1.807, 2.05) is 79.7 Å². The van der Waals surface area contributed by atoms with E-state index in [-0.39, 0.29) is 25.5 Å². The van der Waals surface area contributed by atoms with Gasteiger partial charge >= 0.3 is 0 Å². The molecule has 1 fully saturated rings. The zero-order chi connectivity index (χ0) is 27.5. The molecular weight excluding hydrogens is 514 g/mol. The summed E-state index contributed by atoms with van der Waals surface area (Å²) in [6.45, 7) is 6.20. The van der Waals surface area contributed by atoms with Crippen LogP contribution < -0.4 is 0 Å². The van der Waals surface area contributed by atoms with E-state index < -0.39 is 10.0 Å². The SMILES string of the molecule is Cc1ccc(CN(Cc2ccccc2)C(=O)CN(CCCN2CCOCC2)S(=O)(=O)C=Cc2ccccc2)o1. The Morgan fingerprint density at radius 1 is 0.949 bits per heavy atom. The first-order valence-corrected chi connectivity index (χ1v) is 14.8. The predicted molar refractivity (Wildman–Crippen MR) is 152 cm³/mol. The van der Waals surface area contributed by atoms with Crippen LogP contribution in [0.15, 0.2) is 82.6 Å². The van der Waals surface area contributed by atoms with Crippen LogP contribution in [0.4, 0.5) is 0 Å². The molecule has 2 aromatic carbocycles. The van der Waals surface area contributed by atoms with Crippen molar-refractivity contribution in [1.29, 1.82) is 0 Å². The number of benzene rings is 2. The molecule has 1 amide bonds. The van der Waals surface area contributed by atoms with Crippen molar-refractivity contribution in [2.45, 2.75) is 26.4 Å². The van der Waals surface area contributed by atoms with Gasteiger partial charge in [-0.3, -0.25) is 9.69 Å². The van der Waals surface area contributed by atoms with Crippen molar-refractivity contribution in [1.82, 2.24) is 14.1 Å². The molecule has 2 heterocycles. The molecule has 1 aliphatic rings. The van der Waals surface area contributed by atoms with Crippen molar-refractivity contribution in [2.75, 3.05) is 45.9 Å². The zero-order valence-electron chi connectivity index (χ0n) is 22.4. The lowest BCUT2D eigenvalue weighted by Crippen LogP contribution is -2.43. The van der Waals surface area contributed by atoms with Crippen molar-refractivity contribution in [3.8, 4) is 0 Å². The van der Waals surface area contributed by atoms with Gasteiger partial charge in [0, 0.05) is 31.6 Å². The van der Waals surface area contributed by atoms with Crippen LogP contribution in [0.2, 0.25) is 0 Å². The second-order valence-electron chi connectivity index (χ2n) is 9.65. The molecule has 0 unspecified atom stereocenters. The van der Waals surface area contributed by atoms with E-state index in [1.54, 1.807) is 11.0 Å². The van der Waals surface area contributed by atoms with Crippen LogP contribution in [-0.4, -0.2) is 74.4 Å². The van der Waals surface area contributed by atoms with E-state index in [1.165, 1.54) is 9.71 Å². The lowest BCUT2D eigenvalue weighted by Gasteiger charge is -2.29. The third-order valence-corrected chi connectivity index (χ3v) is 8.11. The van der Waals surface area contributed by atoms with E-state index in [0.29, 0.717) is 31.9 Å². The Balaban J connectivity index is 1.51. The zero-order valence-corrected chi connectivity index (χ0v) is 23.3. The van der Waals surface area contributed by atoms with Crippen molar-refractivity contribution >= 4 is 22.0 Å². The van der Waals surface area contributed by atoms with Crippen molar-refractivity contribution in [3.05, 3.63) is 101 Å². The molecule has 1 saturated heterocycles. The monoisotopic (exact) mass is 551 g/mol. The smallest absolute Gasteiger partial charge is 0.238 e. The third kappa shape index (κ3) is 9.18. The Labute approximate surface area is 231 Å². The lowest BCUT2D eigenvalue weighted by atomic mass is 10.2. The molecule has 0 bridgehead atoms. The number of aryl methyl sites for hydroxylation is 1. The fourth-order valence-corrected chi connectivity index (χ4v) is 5.63. The number of ether oxygens (including phenoxy) is 1. The summed E-state index contributed by atoms with van der Waals surface area (Å²) in [4.78, 5) is 17.6. The van der Waals surface area contributed by atoms with Crippen LogP contribution in [-0.2, 0) is 32.6 Å². The summed E-state index contributed by atoms with van der Waals surface area (Å²) in [6.07, 6.45) is 2.18. The first-order chi connectivity index (χ1) is 18.9. The molecule has 8 nitrogen and oxygen atoms in total.